The molecule has 252 valence electrons. The molecule has 13 nitrogen and oxygen atoms in total. The van der Waals surface area contributed by atoms with E-state index in [4.69, 9.17) is 0 Å². The van der Waals surface area contributed by atoms with E-state index in [1.165, 1.54) is 23.5 Å². The summed E-state index contributed by atoms with van der Waals surface area (Å²) < 4.78 is 0. The predicted octanol–water partition coefficient (Wildman–Crippen LogP) is 1.54. The van der Waals surface area contributed by atoms with E-state index in [1.807, 2.05) is 26.0 Å². The summed E-state index contributed by atoms with van der Waals surface area (Å²) in [5.41, 5.74) is 0.0557. The highest BCUT2D eigenvalue weighted by Gasteiger charge is 2.50. The van der Waals surface area contributed by atoms with Crippen molar-refractivity contribution in [3.8, 4) is 0 Å². The topological polar surface area (TPSA) is 180 Å². The molecule has 0 spiro atoms. The third-order valence-corrected chi connectivity index (χ3v) is 8.73. The number of nitrogens with one attached hydrogen (secondary N) is 4. The molecule has 3 rings (SSSR count). The Balaban J connectivity index is 1.81. The van der Waals surface area contributed by atoms with Crippen LogP contribution in [0.2, 0.25) is 0 Å². The number of fused-ring (bicyclic) bond motifs is 1. The van der Waals surface area contributed by atoms with Gasteiger partial charge in [0.05, 0.1) is 12.2 Å². The average molecular weight is 640 g/mol. The minimum atomic E-state index is -1.03. The van der Waals surface area contributed by atoms with Crippen molar-refractivity contribution in [2.24, 2.45) is 23.7 Å². The summed E-state index contributed by atoms with van der Waals surface area (Å²) in [6.07, 6.45) is 10.1. The molecule has 1 aliphatic heterocycles. The SMILES string of the molecule is CCC[C@@H](NC(=O)[C@@H]1[C@H]2CC=C[C@H]2CN1C(=O)[C@@H](NC(=O)[C@@H](NC(=O)c1cnccn1)C(C)C)C(C)C)C(=O)C(=O)N[C@@H](C)CC. The number of likely N-dealkylation sites (tertiary alicyclic amines) is 1. The highest BCUT2D eigenvalue weighted by molar-refractivity contribution is 6.38. The molecule has 0 bridgehead atoms. The van der Waals surface area contributed by atoms with Gasteiger partial charge < -0.3 is 26.2 Å². The van der Waals surface area contributed by atoms with E-state index in [9.17, 15) is 28.8 Å². The maximum Gasteiger partial charge on any atom is 0.289 e. The largest absolute Gasteiger partial charge is 0.347 e. The van der Waals surface area contributed by atoms with Gasteiger partial charge in [-0.25, -0.2) is 4.98 Å². The van der Waals surface area contributed by atoms with Crippen molar-refractivity contribution in [2.75, 3.05) is 6.54 Å². The van der Waals surface area contributed by atoms with Crippen molar-refractivity contribution in [3.63, 3.8) is 0 Å². The second kappa shape index (κ2) is 16.4. The van der Waals surface area contributed by atoms with E-state index in [0.29, 0.717) is 19.3 Å². The van der Waals surface area contributed by atoms with Crippen molar-refractivity contribution < 1.29 is 28.8 Å². The molecule has 2 heterocycles. The first-order chi connectivity index (χ1) is 21.8. The zero-order chi connectivity index (χ0) is 34.1. The lowest BCUT2D eigenvalue weighted by molar-refractivity contribution is -0.145. The molecule has 13 heteroatoms. The van der Waals surface area contributed by atoms with Gasteiger partial charge in [0, 0.05) is 30.9 Å². The fourth-order valence-electron chi connectivity index (χ4n) is 5.89. The Hall–Kier alpha value is -4.16. The first-order valence-corrected chi connectivity index (χ1v) is 16.3. The molecule has 1 aliphatic carbocycles. The number of carbonyl (C=O) groups is 6. The van der Waals surface area contributed by atoms with Gasteiger partial charge in [0.25, 0.3) is 11.8 Å². The van der Waals surface area contributed by atoms with E-state index in [1.54, 1.807) is 34.6 Å². The minimum absolute atomic E-state index is 0.0557. The molecule has 0 radical (unpaired) electrons. The summed E-state index contributed by atoms with van der Waals surface area (Å²) >= 11 is 0. The summed E-state index contributed by atoms with van der Waals surface area (Å²) in [6, 6.07) is -4.08. The zero-order valence-electron chi connectivity index (χ0n) is 27.9. The molecule has 0 unspecified atom stereocenters. The monoisotopic (exact) mass is 639 g/mol. The Morgan fingerprint density at radius 1 is 0.913 bits per heavy atom. The number of ketones is 1. The number of amides is 5. The Morgan fingerprint density at radius 3 is 2.20 bits per heavy atom. The molecular formula is C33H49N7O6. The lowest BCUT2D eigenvalue weighted by atomic mass is 9.92. The van der Waals surface area contributed by atoms with E-state index < -0.39 is 59.5 Å². The number of rotatable bonds is 15. The molecule has 1 fully saturated rings. The van der Waals surface area contributed by atoms with Gasteiger partial charge >= 0.3 is 0 Å². The normalized spacial score (nSPS) is 21.2. The van der Waals surface area contributed by atoms with Crippen LogP contribution in [-0.4, -0.2) is 86.9 Å². The first-order valence-electron chi connectivity index (χ1n) is 16.3. The van der Waals surface area contributed by atoms with Crippen LogP contribution in [0.3, 0.4) is 0 Å². The third kappa shape index (κ3) is 8.76. The van der Waals surface area contributed by atoms with Crippen molar-refractivity contribution >= 4 is 35.3 Å². The predicted molar refractivity (Wildman–Crippen MR) is 171 cm³/mol. The molecule has 46 heavy (non-hydrogen) atoms. The summed E-state index contributed by atoms with van der Waals surface area (Å²) in [6.45, 7) is 13.0. The van der Waals surface area contributed by atoms with Crippen LogP contribution in [0.5, 0.6) is 0 Å². The number of nitrogens with zero attached hydrogens (tertiary/aromatic N) is 3. The molecule has 4 N–H and O–H groups in total. The van der Waals surface area contributed by atoms with Crippen LogP contribution in [-0.2, 0) is 24.0 Å². The maximum absolute atomic E-state index is 14.2. The first kappa shape index (κ1) is 36.3. The average Bonchev–Trinajstić information content (AvgIpc) is 3.63. The van der Waals surface area contributed by atoms with Gasteiger partial charge in [-0.1, -0.05) is 60.1 Å². The van der Waals surface area contributed by atoms with Crippen LogP contribution in [0.25, 0.3) is 0 Å². The van der Waals surface area contributed by atoms with E-state index >= 15 is 0 Å². The standard InChI is InChI=1S/C33H49N7O6/c1-8-11-23(28(41)32(45)36-20(7)9-2)37-31(44)27-22-13-10-12-21(22)17-40(27)33(46)26(19(5)6)39-30(43)25(18(3)4)38-29(42)24-16-34-14-15-35-24/h10,12,14-16,18-23,25-27H,8-9,11,13,17H2,1-7H3,(H,36,45)(H,37,44)(H,38,42)(H,39,43)/t20-,21-,22-,23+,25-,26-,27-/m0/s1. The van der Waals surface area contributed by atoms with Crippen LogP contribution < -0.4 is 21.3 Å². The second-order valence-electron chi connectivity index (χ2n) is 12.9. The Labute approximate surface area is 271 Å². The van der Waals surface area contributed by atoms with Crippen molar-refractivity contribution in [1.82, 2.24) is 36.1 Å². The zero-order valence-corrected chi connectivity index (χ0v) is 27.9. The Bertz CT molecular complexity index is 1300. The fraction of sp³-hybridized carbons (Fsp3) is 0.636. The summed E-state index contributed by atoms with van der Waals surface area (Å²) in [5.74, 6) is -4.44. The van der Waals surface area contributed by atoms with Gasteiger partial charge in [-0.05, 0) is 43.9 Å². The number of hydrogen-bond donors (Lipinski definition) is 4. The van der Waals surface area contributed by atoms with Gasteiger partial charge in [0.1, 0.15) is 23.8 Å². The Kier molecular flexibility index (Phi) is 13.0. The molecule has 7 atom stereocenters. The number of hydrogen-bond acceptors (Lipinski definition) is 8. The van der Waals surface area contributed by atoms with Gasteiger partial charge in [-0.3, -0.25) is 33.8 Å². The van der Waals surface area contributed by atoms with Crippen molar-refractivity contribution in [3.05, 3.63) is 36.4 Å². The highest BCUT2D eigenvalue weighted by Crippen LogP contribution is 2.39. The summed E-state index contributed by atoms with van der Waals surface area (Å²) in [7, 11) is 0. The van der Waals surface area contributed by atoms with Crippen LogP contribution in [0.15, 0.2) is 30.7 Å². The van der Waals surface area contributed by atoms with E-state index in [-0.39, 0.29) is 48.4 Å². The van der Waals surface area contributed by atoms with Crippen molar-refractivity contribution in [2.45, 2.75) is 104 Å². The summed E-state index contributed by atoms with van der Waals surface area (Å²) in [5, 5.41) is 11.0. The highest BCUT2D eigenvalue weighted by atomic mass is 16.2. The van der Waals surface area contributed by atoms with Crippen LogP contribution in [0.1, 0.15) is 84.6 Å². The van der Waals surface area contributed by atoms with Gasteiger partial charge in [0.15, 0.2) is 0 Å². The maximum atomic E-state index is 14.2. The number of Topliss-reactive ketones (excluding diaryl/α,β-unsaturated/α-hetero) is 1. The summed E-state index contributed by atoms with van der Waals surface area (Å²) in [4.78, 5) is 89.5. The van der Waals surface area contributed by atoms with Gasteiger partial charge in [-0.15, -0.1) is 0 Å². The van der Waals surface area contributed by atoms with E-state index in [0.717, 1.165) is 0 Å². The second-order valence-corrected chi connectivity index (χ2v) is 12.9. The molecule has 2 aliphatic rings. The number of carbonyl (C=O) groups excluding carboxylic acids is 6. The fourth-order valence-corrected chi connectivity index (χ4v) is 5.89. The van der Waals surface area contributed by atoms with E-state index in [2.05, 4.69) is 31.2 Å². The van der Waals surface area contributed by atoms with Gasteiger partial charge in [0.2, 0.25) is 23.5 Å². The lowest BCUT2D eigenvalue weighted by Gasteiger charge is -2.33. The molecule has 1 aromatic heterocycles. The number of allylic oxidation sites excluding steroid dienone is 1. The quantitative estimate of drug-likeness (QED) is 0.165. The molecule has 1 saturated heterocycles. The van der Waals surface area contributed by atoms with Crippen LogP contribution in [0, 0.1) is 23.7 Å². The molecule has 1 aromatic rings. The van der Waals surface area contributed by atoms with Crippen molar-refractivity contribution in [1.29, 1.82) is 0 Å². The molecule has 0 aromatic carbocycles. The van der Waals surface area contributed by atoms with Crippen LogP contribution in [0.4, 0.5) is 0 Å². The van der Waals surface area contributed by atoms with Gasteiger partial charge in [-0.2, -0.15) is 0 Å². The van der Waals surface area contributed by atoms with Crippen LogP contribution >= 0.6 is 0 Å². The smallest absolute Gasteiger partial charge is 0.289 e. The lowest BCUT2D eigenvalue weighted by Crippen LogP contribution is -2.60. The third-order valence-electron chi connectivity index (χ3n) is 8.73. The molecule has 0 saturated carbocycles. The minimum Gasteiger partial charge on any atom is -0.347 e. The Morgan fingerprint density at radius 2 is 1.61 bits per heavy atom. The molecular weight excluding hydrogens is 590 g/mol. The number of aromatic nitrogens is 2. The molecule has 5 amide bonds.